The van der Waals surface area contributed by atoms with Gasteiger partial charge >= 0.3 is 0 Å². The van der Waals surface area contributed by atoms with Gasteiger partial charge in [0.2, 0.25) is 0 Å². The van der Waals surface area contributed by atoms with E-state index in [4.69, 9.17) is 9.47 Å². The van der Waals surface area contributed by atoms with E-state index in [-0.39, 0.29) is 0 Å². The van der Waals surface area contributed by atoms with Crippen LogP contribution in [-0.2, 0) is 16.1 Å². The van der Waals surface area contributed by atoms with Crippen molar-refractivity contribution in [2.45, 2.75) is 32.0 Å². The Kier molecular flexibility index (Phi) is 5.35. The van der Waals surface area contributed by atoms with Crippen molar-refractivity contribution in [1.29, 1.82) is 0 Å². The fraction of sp³-hybridized carbons (Fsp3) is 0.692. The van der Waals surface area contributed by atoms with E-state index in [0.717, 1.165) is 31.2 Å². The molecule has 2 N–H and O–H groups in total. The summed E-state index contributed by atoms with van der Waals surface area (Å²) in [6, 6.07) is 1.90. The van der Waals surface area contributed by atoms with Crippen LogP contribution in [0.5, 0.6) is 0 Å². The van der Waals surface area contributed by atoms with Crippen molar-refractivity contribution >= 4 is 11.6 Å². The third-order valence-electron chi connectivity index (χ3n) is 3.10. The lowest BCUT2D eigenvalue weighted by Crippen LogP contribution is -2.14. The van der Waals surface area contributed by atoms with Crippen LogP contribution in [0.3, 0.4) is 0 Å². The molecule has 0 spiro atoms. The number of hydrogen-bond donors (Lipinski definition) is 2. The Bertz CT molecular complexity index is 394. The van der Waals surface area contributed by atoms with E-state index in [1.54, 1.807) is 7.11 Å². The first kappa shape index (κ1) is 14.0. The number of methoxy groups -OCH3 is 1. The molecule has 2 rings (SSSR count). The van der Waals surface area contributed by atoms with Crippen molar-refractivity contribution in [3.63, 3.8) is 0 Å². The summed E-state index contributed by atoms with van der Waals surface area (Å²) in [7, 11) is 3.48. The Balaban J connectivity index is 1.88. The van der Waals surface area contributed by atoms with Gasteiger partial charge in [-0.25, -0.2) is 9.97 Å². The first-order valence-corrected chi connectivity index (χ1v) is 6.72. The number of ether oxygens (including phenoxy) is 2. The fourth-order valence-corrected chi connectivity index (χ4v) is 2.14. The predicted molar refractivity (Wildman–Crippen MR) is 74.4 cm³/mol. The van der Waals surface area contributed by atoms with Gasteiger partial charge in [-0.3, -0.25) is 0 Å². The number of anilines is 2. The smallest absolute Gasteiger partial charge is 0.158 e. The van der Waals surface area contributed by atoms with E-state index in [1.165, 1.54) is 12.8 Å². The minimum absolute atomic E-state index is 0.400. The predicted octanol–water partition coefficient (Wildman–Crippen LogP) is 1.65. The number of nitrogens with zero attached hydrogens (tertiary/aromatic N) is 2. The lowest BCUT2D eigenvalue weighted by Gasteiger charge is -2.12. The van der Waals surface area contributed by atoms with Gasteiger partial charge in [0.05, 0.1) is 6.10 Å². The van der Waals surface area contributed by atoms with Crippen LogP contribution >= 0.6 is 0 Å². The van der Waals surface area contributed by atoms with Crippen molar-refractivity contribution in [2.24, 2.45) is 0 Å². The molecular weight excluding hydrogens is 244 g/mol. The number of nitrogens with one attached hydrogen (secondary N) is 2. The minimum atomic E-state index is 0.400. The lowest BCUT2D eigenvalue weighted by atomic mass is 10.2. The quantitative estimate of drug-likeness (QED) is 0.782. The second-order valence-electron chi connectivity index (χ2n) is 4.59. The molecule has 0 saturated carbocycles. The maximum absolute atomic E-state index is 5.59. The lowest BCUT2D eigenvalue weighted by molar-refractivity contribution is 0.107. The van der Waals surface area contributed by atoms with Crippen LogP contribution in [0.25, 0.3) is 0 Å². The first-order chi connectivity index (χ1) is 9.31. The molecule has 0 amide bonds. The van der Waals surface area contributed by atoms with Crippen molar-refractivity contribution in [3.05, 3.63) is 11.9 Å². The summed E-state index contributed by atoms with van der Waals surface area (Å²) in [6.45, 7) is 2.17. The summed E-state index contributed by atoms with van der Waals surface area (Å²) < 4.78 is 10.7. The largest absolute Gasteiger partial charge is 0.378 e. The molecule has 1 aromatic heterocycles. The second-order valence-corrected chi connectivity index (χ2v) is 4.59. The van der Waals surface area contributed by atoms with E-state index in [0.29, 0.717) is 18.5 Å². The Morgan fingerprint density at radius 3 is 2.95 bits per heavy atom. The number of rotatable bonds is 7. The summed E-state index contributed by atoms with van der Waals surface area (Å²) in [4.78, 5) is 8.72. The molecular formula is C13H22N4O2. The van der Waals surface area contributed by atoms with Crippen LogP contribution < -0.4 is 10.6 Å². The van der Waals surface area contributed by atoms with Gasteiger partial charge in [0.25, 0.3) is 0 Å². The van der Waals surface area contributed by atoms with Gasteiger partial charge in [-0.1, -0.05) is 0 Å². The molecule has 6 nitrogen and oxygen atoms in total. The van der Waals surface area contributed by atoms with Gasteiger partial charge in [-0.05, 0) is 19.3 Å². The van der Waals surface area contributed by atoms with Crippen LogP contribution in [-0.4, -0.2) is 43.4 Å². The molecule has 1 aliphatic heterocycles. The normalized spacial score (nSPS) is 18.5. The minimum Gasteiger partial charge on any atom is -0.378 e. The summed E-state index contributed by atoms with van der Waals surface area (Å²) >= 11 is 0. The molecule has 0 bridgehead atoms. The topological polar surface area (TPSA) is 68.3 Å². The molecule has 0 radical (unpaired) electrons. The third kappa shape index (κ3) is 4.33. The zero-order valence-electron chi connectivity index (χ0n) is 11.6. The van der Waals surface area contributed by atoms with Crippen molar-refractivity contribution in [1.82, 2.24) is 9.97 Å². The van der Waals surface area contributed by atoms with Gasteiger partial charge in [0, 0.05) is 33.4 Å². The highest BCUT2D eigenvalue weighted by Gasteiger charge is 2.14. The molecule has 1 fully saturated rings. The zero-order valence-corrected chi connectivity index (χ0v) is 11.6. The van der Waals surface area contributed by atoms with Gasteiger partial charge in [-0.15, -0.1) is 0 Å². The summed E-state index contributed by atoms with van der Waals surface area (Å²) in [6.07, 6.45) is 3.76. The first-order valence-electron chi connectivity index (χ1n) is 6.72. The summed E-state index contributed by atoms with van der Waals surface area (Å²) in [5.74, 6) is 2.29. The van der Waals surface area contributed by atoms with Crippen LogP contribution in [0, 0.1) is 0 Å². The monoisotopic (exact) mass is 266 g/mol. The molecule has 106 valence electrons. The molecule has 1 atom stereocenters. The maximum Gasteiger partial charge on any atom is 0.158 e. The van der Waals surface area contributed by atoms with E-state index < -0.39 is 0 Å². The average molecular weight is 266 g/mol. The van der Waals surface area contributed by atoms with E-state index >= 15 is 0 Å². The third-order valence-corrected chi connectivity index (χ3v) is 3.10. The van der Waals surface area contributed by atoms with Crippen LogP contribution in [0.4, 0.5) is 11.6 Å². The summed E-state index contributed by atoms with van der Waals surface area (Å²) in [5, 5.41) is 6.34. The standard InChI is InChI=1S/C13H22N4O2/c1-14-11-8-12(17-13(16-11)9-18-2)15-6-5-10-4-3-7-19-10/h8,10H,3-7,9H2,1-2H3,(H2,14,15,16,17). The second kappa shape index (κ2) is 7.25. The van der Waals surface area contributed by atoms with E-state index in [9.17, 15) is 0 Å². The maximum atomic E-state index is 5.59. The van der Waals surface area contributed by atoms with E-state index in [1.807, 2.05) is 13.1 Å². The molecule has 0 aliphatic carbocycles. The van der Waals surface area contributed by atoms with Crippen molar-refractivity contribution in [2.75, 3.05) is 37.9 Å². The van der Waals surface area contributed by atoms with Gasteiger partial charge in [0.15, 0.2) is 5.82 Å². The van der Waals surface area contributed by atoms with Gasteiger partial charge in [0.1, 0.15) is 18.2 Å². The Labute approximate surface area is 113 Å². The molecule has 19 heavy (non-hydrogen) atoms. The van der Waals surface area contributed by atoms with Gasteiger partial charge in [-0.2, -0.15) is 0 Å². The van der Waals surface area contributed by atoms with Crippen molar-refractivity contribution in [3.8, 4) is 0 Å². The molecule has 6 heteroatoms. The molecule has 1 unspecified atom stereocenters. The van der Waals surface area contributed by atoms with Crippen LogP contribution in [0.15, 0.2) is 6.07 Å². The molecule has 0 aromatic carbocycles. The fourth-order valence-electron chi connectivity index (χ4n) is 2.14. The molecule has 1 aliphatic rings. The number of hydrogen-bond acceptors (Lipinski definition) is 6. The Hall–Kier alpha value is -1.40. The van der Waals surface area contributed by atoms with E-state index in [2.05, 4.69) is 20.6 Å². The highest BCUT2D eigenvalue weighted by molar-refractivity contribution is 5.47. The number of aromatic nitrogens is 2. The zero-order chi connectivity index (χ0) is 13.5. The molecule has 1 saturated heterocycles. The van der Waals surface area contributed by atoms with Crippen LogP contribution in [0.2, 0.25) is 0 Å². The summed E-state index contributed by atoms with van der Waals surface area (Å²) in [5.41, 5.74) is 0. The highest BCUT2D eigenvalue weighted by atomic mass is 16.5. The van der Waals surface area contributed by atoms with Crippen LogP contribution in [0.1, 0.15) is 25.1 Å². The molecule has 2 heterocycles. The Morgan fingerprint density at radius 1 is 1.42 bits per heavy atom. The van der Waals surface area contributed by atoms with Gasteiger partial charge < -0.3 is 20.1 Å². The SMILES string of the molecule is CNc1cc(NCCC2CCCO2)nc(COC)n1. The highest BCUT2D eigenvalue weighted by Crippen LogP contribution is 2.16. The average Bonchev–Trinajstić information content (AvgIpc) is 2.92. The van der Waals surface area contributed by atoms with Crippen molar-refractivity contribution < 1.29 is 9.47 Å². The molecule has 1 aromatic rings. The Morgan fingerprint density at radius 2 is 2.26 bits per heavy atom.